The van der Waals surface area contributed by atoms with Crippen molar-refractivity contribution in [2.75, 3.05) is 26.2 Å². The second-order valence-corrected chi connectivity index (χ2v) is 7.57. The zero-order chi connectivity index (χ0) is 17.8. The van der Waals surface area contributed by atoms with Crippen LogP contribution in [0.1, 0.15) is 35.4 Å². The Balaban J connectivity index is 0.00000243. The number of rotatable bonds is 5. The first-order chi connectivity index (χ1) is 12.1. The van der Waals surface area contributed by atoms with Gasteiger partial charge >= 0.3 is 5.00 Å². The van der Waals surface area contributed by atoms with Crippen LogP contribution in [-0.2, 0) is 4.79 Å². The SMILES string of the molecule is Cl.O=C(NCC1CCCNC1)C1CCCN1C(=O)c1ccc([N+](=O)[O-])s1. The highest BCUT2D eigenvalue weighted by molar-refractivity contribution is 7.17. The van der Waals surface area contributed by atoms with E-state index in [9.17, 15) is 19.7 Å². The maximum absolute atomic E-state index is 12.6. The van der Waals surface area contributed by atoms with Crippen LogP contribution in [0.4, 0.5) is 5.00 Å². The van der Waals surface area contributed by atoms with Gasteiger partial charge < -0.3 is 15.5 Å². The lowest BCUT2D eigenvalue weighted by Crippen LogP contribution is -2.48. The van der Waals surface area contributed by atoms with E-state index in [2.05, 4.69) is 10.6 Å². The molecule has 2 atom stereocenters. The molecule has 0 spiro atoms. The minimum atomic E-state index is -0.506. The minimum Gasteiger partial charge on any atom is -0.354 e. The van der Waals surface area contributed by atoms with Gasteiger partial charge in [0.2, 0.25) is 5.91 Å². The monoisotopic (exact) mass is 402 g/mol. The highest BCUT2D eigenvalue weighted by Gasteiger charge is 2.35. The summed E-state index contributed by atoms with van der Waals surface area (Å²) in [6, 6.07) is 2.32. The average Bonchev–Trinajstić information content (AvgIpc) is 3.29. The Labute approximate surface area is 161 Å². The van der Waals surface area contributed by atoms with E-state index in [1.54, 1.807) is 4.90 Å². The van der Waals surface area contributed by atoms with Gasteiger partial charge in [-0.3, -0.25) is 19.7 Å². The first-order valence-corrected chi connectivity index (χ1v) is 9.41. The summed E-state index contributed by atoms with van der Waals surface area (Å²) >= 11 is 0.856. The van der Waals surface area contributed by atoms with Crippen LogP contribution < -0.4 is 10.6 Å². The normalized spacial score (nSPS) is 22.5. The molecule has 1 aromatic rings. The number of carbonyl (C=O) groups is 2. The highest BCUT2D eigenvalue weighted by Crippen LogP contribution is 2.28. The number of halogens is 1. The lowest BCUT2D eigenvalue weighted by molar-refractivity contribution is -0.380. The third-order valence-electron chi connectivity index (χ3n) is 4.76. The molecule has 0 saturated carbocycles. The molecule has 0 aliphatic carbocycles. The predicted molar refractivity (Wildman–Crippen MR) is 101 cm³/mol. The van der Waals surface area contributed by atoms with Crippen LogP contribution in [0.2, 0.25) is 0 Å². The van der Waals surface area contributed by atoms with E-state index in [-0.39, 0.29) is 29.2 Å². The van der Waals surface area contributed by atoms with Gasteiger partial charge in [-0.1, -0.05) is 11.3 Å². The van der Waals surface area contributed by atoms with E-state index in [1.165, 1.54) is 12.1 Å². The molecular formula is C16H23ClN4O4S. The van der Waals surface area contributed by atoms with Crippen molar-refractivity contribution >= 4 is 40.6 Å². The number of nitrogens with zero attached hydrogens (tertiary/aromatic N) is 2. The van der Waals surface area contributed by atoms with Gasteiger partial charge in [-0.15, -0.1) is 12.4 Å². The number of carbonyl (C=O) groups excluding carboxylic acids is 2. The molecule has 144 valence electrons. The number of hydrogen-bond acceptors (Lipinski definition) is 6. The number of hydrogen-bond donors (Lipinski definition) is 2. The van der Waals surface area contributed by atoms with E-state index in [4.69, 9.17) is 0 Å². The fourth-order valence-corrected chi connectivity index (χ4v) is 4.20. The zero-order valence-electron chi connectivity index (χ0n) is 14.3. The van der Waals surface area contributed by atoms with Crippen molar-refractivity contribution in [2.24, 2.45) is 5.92 Å². The molecule has 1 aromatic heterocycles. The number of amides is 2. The first-order valence-electron chi connectivity index (χ1n) is 8.60. The van der Waals surface area contributed by atoms with Crippen molar-refractivity contribution in [1.82, 2.24) is 15.5 Å². The molecule has 0 radical (unpaired) electrons. The van der Waals surface area contributed by atoms with Crippen molar-refractivity contribution in [1.29, 1.82) is 0 Å². The van der Waals surface area contributed by atoms with Gasteiger partial charge in [0.1, 0.15) is 6.04 Å². The molecule has 26 heavy (non-hydrogen) atoms. The predicted octanol–water partition coefficient (Wildman–Crippen LogP) is 1.80. The number of piperidine rings is 1. The fraction of sp³-hybridized carbons (Fsp3) is 0.625. The van der Waals surface area contributed by atoms with Crippen LogP contribution >= 0.6 is 23.7 Å². The Bertz CT molecular complexity index is 662. The molecule has 2 aliphatic rings. The van der Waals surface area contributed by atoms with Gasteiger partial charge in [-0.2, -0.15) is 0 Å². The summed E-state index contributed by atoms with van der Waals surface area (Å²) in [5.41, 5.74) is 0. The van der Waals surface area contributed by atoms with Crippen molar-refractivity contribution < 1.29 is 14.5 Å². The number of thiophene rings is 1. The number of nitrogens with one attached hydrogen (secondary N) is 2. The third-order valence-corrected chi connectivity index (χ3v) is 5.79. The van der Waals surface area contributed by atoms with Crippen LogP contribution in [-0.4, -0.2) is 53.9 Å². The lowest BCUT2D eigenvalue weighted by Gasteiger charge is -2.26. The maximum Gasteiger partial charge on any atom is 0.324 e. The summed E-state index contributed by atoms with van der Waals surface area (Å²) in [4.78, 5) is 37.3. The first kappa shape index (κ1) is 20.6. The molecule has 2 unspecified atom stereocenters. The second-order valence-electron chi connectivity index (χ2n) is 6.51. The molecule has 0 aromatic carbocycles. The van der Waals surface area contributed by atoms with Crippen LogP contribution in [0.3, 0.4) is 0 Å². The summed E-state index contributed by atoms with van der Waals surface area (Å²) in [6.07, 6.45) is 3.61. The van der Waals surface area contributed by atoms with E-state index in [0.29, 0.717) is 30.3 Å². The summed E-state index contributed by atoms with van der Waals surface area (Å²) in [7, 11) is 0. The lowest BCUT2D eigenvalue weighted by atomic mass is 9.99. The largest absolute Gasteiger partial charge is 0.354 e. The Hall–Kier alpha value is -1.71. The van der Waals surface area contributed by atoms with Crippen LogP contribution in [0.5, 0.6) is 0 Å². The smallest absolute Gasteiger partial charge is 0.324 e. The second kappa shape index (κ2) is 9.29. The fourth-order valence-electron chi connectivity index (χ4n) is 3.43. The van der Waals surface area contributed by atoms with Gasteiger partial charge in [-0.25, -0.2) is 0 Å². The molecule has 3 heterocycles. The number of likely N-dealkylation sites (tertiary alicyclic amines) is 1. The van der Waals surface area contributed by atoms with Gasteiger partial charge in [0.25, 0.3) is 5.91 Å². The summed E-state index contributed by atoms with van der Waals surface area (Å²) in [6.45, 7) is 3.07. The molecule has 2 aliphatic heterocycles. The van der Waals surface area contributed by atoms with Crippen molar-refractivity contribution in [3.05, 3.63) is 27.1 Å². The van der Waals surface area contributed by atoms with Crippen molar-refractivity contribution in [2.45, 2.75) is 31.7 Å². The van der Waals surface area contributed by atoms with Crippen LogP contribution in [0, 0.1) is 16.0 Å². The van der Waals surface area contributed by atoms with Gasteiger partial charge in [0, 0.05) is 19.2 Å². The standard InChI is InChI=1S/C16H22N4O4S.ClH/c21-15(18-10-11-3-1-7-17-9-11)12-4-2-8-19(12)16(22)13-5-6-14(25-13)20(23)24;/h5-6,11-12,17H,1-4,7-10H2,(H,18,21);1H. The molecule has 8 nitrogen and oxygen atoms in total. The van der Waals surface area contributed by atoms with Crippen molar-refractivity contribution in [3.63, 3.8) is 0 Å². The van der Waals surface area contributed by atoms with Gasteiger partial charge in [-0.05, 0) is 50.8 Å². The Morgan fingerprint density at radius 3 is 2.81 bits per heavy atom. The maximum atomic E-state index is 12.6. The van der Waals surface area contributed by atoms with Gasteiger partial charge in [0.15, 0.2) is 0 Å². The Kier molecular flexibility index (Phi) is 7.36. The summed E-state index contributed by atoms with van der Waals surface area (Å²) in [5.74, 6) is 0.0146. The average molecular weight is 403 g/mol. The van der Waals surface area contributed by atoms with Crippen LogP contribution in [0.25, 0.3) is 0 Å². The molecule has 0 bridgehead atoms. The summed E-state index contributed by atoms with van der Waals surface area (Å²) < 4.78 is 0. The quantitative estimate of drug-likeness (QED) is 0.577. The Morgan fingerprint density at radius 1 is 1.35 bits per heavy atom. The minimum absolute atomic E-state index is 0. The van der Waals surface area contributed by atoms with E-state index >= 15 is 0 Å². The zero-order valence-corrected chi connectivity index (χ0v) is 15.9. The molecule has 2 saturated heterocycles. The van der Waals surface area contributed by atoms with Crippen LogP contribution in [0.15, 0.2) is 12.1 Å². The molecule has 3 rings (SSSR count). The molecule has 10 heteroatoms. The highest BCUT2D eigenvalue weighted by atomic mass is 35.5. The number of nitro groups is 1. The molecule has 2 N–H and O–H groups in total. The van der Waals surface area contributed by atoms with Gasteiger partial charge in [0.05, 0.1) is 9.80 Å². The molecular weight excluding hydrogens is 380 g/mol. The molecule has 2 fully saturated rings. The van der Waals surface area contributed by atoms with Crippen molar-refractivity contribution in [3.8, 4) is 0 Å². The van der Waals surface area contributed by atoms with E-state index < -0.39 is 11.0 Å². The molecule has 2 amide bonds. The Morgan fingerprint density at radius 2 is 2.15 bits per heavy atom. The topological polar surface area (TPSA) is 105 Å². The van der Waals surface area contributed by atoms with E-state index in [1.807, 2.05) is 0 Å². The third kappa shape index (κ3) is 4.72. The van der Waals surface area contributed by atoms with E-state index in [0.717, 1.165) is 43.7 Å². The summed E-state index contributed by atoms with van der Waals surface area (Å²) in [5, 5.41) is 17.0.